The summed E-state index contributed by atoms with van der Waals surface area (Å²) in [5.41, 5.74) is 2.50. The predicted molar refractivity (Wildman–Crippen MR) is 116 cm³/mol. The van der Waals surface area contributed by atoms with Crippen LogP contribution >= 0.6 is 22.7 Å². The van der Waals surface area contributed by atoms with E-state index in [0.717, 1.165) is 27.3 Å². The number of carbonyl (C=O) groups is 1. The van der Waals surface area contributed by atoms with Gasteiger partial charge in [-0.1, -0.05) is 6.07 Å². The van der Waals surface area contributed by atoms with Crippen LogP contribution in [0.1, 0.15) is 4.88 Å². The Kier molecular flexibility index (Phi) is 4.91. The number of aromatic nitrogens is 5. The first-order valence-electron chi connectivity index (χ1n) is 8.92. The smallest absolute Gasteiger partial charge is 0.325 e. The summed E-state index contributed by atoms with van der Waals surface area (Å²) in [4.78, 5) is 26.1. The highest BCUT2D eigenvalue weighted by atomic mass is 32.1. The Hall–Kier alpha value is -3.64. The quantitative estimate of drug-likeness (QED) is 0.363. The van der Waals surface area contributed by atoms with Gasteiger partial charge in [-0.05, 0) is 33.9 Å². The Morgan fingerprint density at radius 3 is 3.00 bits per heavy atom. The first-order chi connectivity index (χ1) is 14.8. The molecule has 2 amide bonds. The molecule has 12 heteroatoms. The third-order valence-corrected chi connectivity index (χ3v) is 6.10. The van der Waals surface area contributed by atoms with E-state index in [1.54, 1.807) is 42.1 Å². The van der Waals surface area contributed by atoms with Crippen LogP contribution in [-0.2, 0) is 6.42 Å². The van der Waals surface area contributed by atoms with Crippen molar-refractivity contribution in [1.82, 2.24) is 25.3 Å². The molecule has 3 N–H and O–H groups in total. The van der Waals surface area contributed by atoms with Crippen molar-refractivity contribution in [3.8, 4) is 0 Å². The van der Waals surface area contributed by atoms with Crippen molar-refractivity contribution in [2.24, 2.45) is 0 Å². The lowest BCUT2D eigenvalue weighted by molar-refractivity contribution is 0.262. The Morgan fingerprint density at radius 1 is 1.07 bits per heavy atom. The van der Waals surface area contributed by atoms with Crippen LogP contribution in [-0.4, -0.2) is 37.8 Å². The highest BCUT2D eigenvalue weighted by Gasteiger charge is 2.11. The normalized spacial score (nSPS) is 11.1. The van der Waals surface area contributed by atoms with Gasteiger partial charge in [0.25, 0.3) is 0 Å². The van der Waals surface area contributed by atoms with E-state index >= 15 is 0 Å². The minimum absolute atomic E-state index is 0.411. The zero-order valence-corrected chi connectivity index (χ0v) is 17.0. The summed E-state index contributed by atoms with van der Waals surface area (Å²) in [6.07, 6.45) is 4.06. The van der Waals surface area contributed by atoms with Gasteiger partial charge >= 0.3 is 6.03 Å². The molecule has 0 aliphatic carbocycles. The van der Waals surface area contributed by atoms with Gasteiger partial charge in [0.15, 0.2) is 10.6 Å². The number of thiazole rings is 1. The van der Waals surface area contributed by atoms with Crippen molar-refractivity contribution >= 4 is 66.6 Å². The molecular weight excluding hydrogens is 424 g/mol. The van der Waals surface area contributed by atoms with Crippen molar-refractivity contribution < 1.29 is 9.42 Å². The number of urea groups is 1. The van der Waals surface area contributed by atoms with Gasteiger partial charge in [-0.2, -0.15) is 0 Å². The van der Waals surface area contributed by atoms with Gasteiger partial charge in [-0.25, -0.2) is 24.4 Å². The monoisotopic (exact) mass is 438 g/mol. The molecule has 4 heterocycles. The molecule has 0 saturated heterocycles. The highest BCUT2D eigenvalue weighted by molar-refractivity contribution is 7.17. The molecule has 0 aliphatic rings. The first kappa shape index (κ1) is 18.4. The zero-order valence-electron chi connectivity index (χ0n) is 15.3. The van der Waals surface area contributed by atoms with Gasteiger partial charge in [0.2, 0.25) is 0 Å². The van der Waals surface area contributed by atoms with Crippen LogP contribution in [0.25, 0.3) is 21.3 Å². The van der Waals surface area contributed by atoms with Crippen molar-refractivity contribution in [2.75, 3.05) is 22.5 Å². The van der Waals surface area contributed by atoms with E-state index in [0.29, 0.717) is 28.4 Å². The van der Waals surface area contributed by atoms with E-state index in [2.05, 4.69) is 41.2 Å². The van der Waals surface area contributed by atoms with Crippen LogP contribution in [0.5, 0.6) is 0 Å². The number of benzene rings is 1. The lowest BCUT2D eigenvalue weighted by Gasteiger charge is -2.05. The molecule has 150 valence electrons. The molecule has 10 nitrogen and oxygen atoms in total. The van der Waals surface area contributed by atoms with Gasteiger partial charge in [-0.15, -0.1) is 22.7 Å². The SMILES string of the molecule is O=C(Nc1ncc(CCNc2ncnc3ccsc23)s1)Nc1cccc2nonc12. The molecule has 4 aromatic heterocycles. The van der Waals surface area contributed by atoms with E-state index in [4.69, 9.17) is 4.63 Å². The number of thiophene rings is 1. The summed E-state index contributed by atoms with van der Waals surface area (Å²) in [5, 5.41) is 18.9. The summed E-state index contributed by atoms with van der Waals surface area (Å²) in [5.74, 6) is 0.828. The number of hydrogen-bond donors (Lipinski definition) is 3. The summed E-state index contributed by atoms with van der Waals surface area (Å²) in [6.45, 7) is 0.693. The maximum absolute atomic E-state index is 12.3. The molecule has 0 aliphatic heterocycles. The first-order valence-corrected chi connectivity index (χ1v) is 10.6. The average molecular weight is 438 g/mol. The molecule has 0 bridgehead atoms. The fourth-order valence-electron chi connectivity index (χ4n) is 2.86. The second kappa shape index (κ2) is 8.00. The number of fused-ring (bicyclic) bond motifs is 2. The van der Waals surface area contributed by atoms with Gasteiger partial charge in [-0.3, -0.25) is 5.32 Å². The molecule has 0 saturated carbocycles. The fraction of sp³-hybridized carbons (Fsp3) is 0.111. The van der Waals surface area contributed by atoms with Crippen LogP contribution in [0.2, 0.25) is 0 Å². The largest absolute Gasteiger partial charge is 0.368 e. The number of nitrogens with one attached hydrogen (secondary N) is 3. The van der Waals surface area contributed by atoms with E-state index in [1.165, 1.54) is 11.3 Å². The minimum Gasteiger partial charge on any atom is -0.368 e. The summed E-state index contributed by atoms with van der Waals surface area (Å²) in [6, 6.07) is 6.80. The molecule has 0 spiro atoms. The van der Waals surface area contributed by atoms with Gasteiger partial charge < -0.3 is 10.6 Å². The summed E-state index contributed by atoms with van der Waals surface area (Å²) in [7, 11) is 0. The molecule has 1 aromatic carbocycles. The van der Waals surface area contributed by atoms with Crippen molar-refractivity contribution in [1.29, 1.82) is 0 Å². The molecule has 0 fully saturated rings. The van der Waals surface area contributed by atoms with Gasteiger partial charge in [0.1, 0.15) is 17.7 Å². The van der Waals surface area contributed by atoms with Crippen LogP contribution in [0.15, 0.2) is 46.8 Å². The van der Waals surface area contributed by atoms with E-state index in [-0.39, 0.29) is 0 Å². The van der Waals surface area contributed by atoms with Crippen LogP contribution in [0.4, 0.5) is 21.4 Å². The highest BCUT2D eigenvalue weighted by Crippen LogP contribution is 2.25. The lowest BCUT2D eigenvalue weighted by atomic mass is 10.2. The molecular formula is C18H14N8O2S2. The van der Waals surface area contributed by atoms with Crippen LogP contribution in [0.3, 0.4) is 0 Å². The van der Waals surface area contributed by atoms with Crippen molar-refractivity contribution in [3.63, 3.8) is 0 Å². The average Bonchev–Trinajstić information content (AvgIpc) is 3.49. The molecule has 30 heavy (non-hydrogen) atoms. The topological polar surface area (TPSA) is 131 Å². The van der Waals surface area contributed by atoms with Crippen LogP contribution in [0, 0.1) is 0 Å². The second-order valence-electron chi connectivity index (χ2n) is 6.18. The van der Waals surface area contributed by atoms with Crippen molar-refractivity contribution in [2.45, 2.75) is 6.42 Å². The lowest BCUT2D eigenvalue weighted by Crippen LogP contribution is -2.19. The predicted octanol–water partition coefficient (Wildman–Crippen LogP) is 3.98. The number of rotatable bonds is 6. The molecule has 0 radical (unpaired) electrons. The number of carbonyl (C=O) groups excluding carboxylic acids is 1. The summed E-state index contributed by atoms with van der Waals surface area (Å²) < 4.78 is 5.74. The third-order valence-electron chi connectivity index (χ3n) is 4.22. The molecule has 5 rings (SSSR count). The van der Waals surface area contributed by atoms with Crippen molar-refractivity contribution in [3.05, 3.63) is 47.0 Å². The number of nitrogens with zero attached hydrogens (tertiary/aromatic N) is 5. The number of anilines is 3. The standard InChI is InChI=1S/C18H14N8O2S2/c27-17(23-11-2-1-3-12-14(11)26-28-25-12)24-18-20-8-10(30-18)4-6-19-16-15-13(5-7-29-15)21-9-22-16/h1-3,5,7-9H,4,6H2,(H,19,21,22)(H2,20,23,24,27). The fourth-order valence-corrected chi connectivity index (χ4v) is 4.48. The maximum atomic E-state index is 12.3. The summed E-state index contributed by atoms with van der Waals surface area (Å²) >= 11 is 3.02. The third kappa shape index (κ3) is 3.77. The van der Waals surface area contributed by atoms with E-state index in [1.807, 2.05) is 11.4 Å². The Morgan fingerprint density at radius 2 is 2.03 bits per heavy atom. The molecule has 0 atom stereocenters. The van der Waals surface area contributed by atoms with Gasteiger partial charge in [0.05, 0.1) is 15.9 Å². The van der Waals surface area contributed by atoms with E-state index in [9.17, 15) is 4.79 Å². The number of hydrogen-bond acceptors (Lipinski definition) is 10. The number of amides is 2. The van der Waals surface area contributed by atoms with E-state index < -0.39 is 6.03 Å². The minimum atomic E-state index is -0.411. The Bertz CT molecular complexity index is 1330. The van der Waals surface area contributed by atoms with Gasteiger partial charge in [0, 0.05) is 24.0 Å². The zero-order chi connectivity index (χ0) is 20.3. The van der Waals surface area contributed by atoms with Crippen LogP contribution < -0.4 is 16.0 Å². The Balaban J connectivity index is 1.17. The second-order valence-corrected chi connectivity index (χ2v) is 8.21. The maximum Gasteiger partial charge on any atom is 0.325 e. The molecule has 0 unspecified atom stereocenters. The molecule has 5 aromatic rings. The Labute approximate surface area is 177 Å².